The van der Waals surface area contributed by atoms with Gasteiger partial charge in [-0.25, -0.2) is 4.99 Å². The second kappa shape index (κ2) is 12.4. The summed E-state index contributed by atoms with van der Waals surface area (Å²) in [6.07, 6.45) is 3.63. The number of hydrogen-bond acceptors (Lipinski definition) is 7. The van der Waals surface area contributed by atoms with Gasteiger partial charge in [-0.2, -0.15) is 0 Å². The van der Waals surface area contributed by atoms with E-state index in [4.69, 9.17) is 20.2 Å². The van der Waals surface area contributed by atoms with Gasteiger partial charge in [0, 0.05) is 23.9 Å². The highest BCUT2D eigenvalue weighted by atomic mass is 16.5. The van der Waals surface area contributed by atoms with E-state index in [1.807, 2.05) is 85.1 Å². The van der Waals surface area contributed by atoms with E-state index >= 15 is 0 Å². The zero-order chi connectivity index (χ0) is 27.0. The number of aliphatic imine (C=N–C) groups is 1. The molecule has 198 valence electrons. The quantitative estimate of drug-likeness (QED) is 0.307. The van der Waals surface area contributed by atoms with E-state index in [9.17, 15) is 0 Å². The van der Waals surface area contributed by atoms with Crippen molar-refractivity contribution >= 4 is 23.6 Å². The fraction of sp³-hybridized carbons (Fsp3) is 0.258. The fourth-order valence-corrected chi connectivity index (χ4v) is 4.30. The van der Waals surface area contributed by atoms with Gasteiger partial charge in [0.05, 0.1) is 12.8 Å². The molecule has 0 aliphatic carbocycles. The number of methoxy groups -OCH3 is 1. The Bertz CT molecular complexity index is 1280. The van der Waals surface area contributed by atoms with E-state index in [1.54, 1.807) is 7.11 Å². The van der Waals surface area contributed by atoms with Crippen molar-refractivity contribution in [3.63, 3.8) is 0 Å². The molecule has 1 aliphatic rings. The summed E-state index contributed by atoms with van der Waals surface area (Å²) in [6.45, 7) is 11.7. The molecule has 0 radical (unpaired) electrons. The number of ether oxygens (including phenoxy) is 2. The number of rotatable bonds is 12. The standard InChI is InChI=1S/C31H37N5O2/c1-5-23-12-14-24(15-13-23)27-22-33-31(32,35-30(27)34-28-10-8-9-11-29(28)37-4)25-16-18-26(19-17-25)38-21-20-36(6-2)7-3/h5,8-19,22,34-35H,1,6-7,20-21,32H2,2-4H3. The molecular formula is C31H37N5O2. The van der Waals surface area contributed by atoms with Gasteiger partial charge >= 0.3 is 0 Å². The van der Waals surface area contributed by atoms with Crippen molar-refractivity contribution < 1.29 is 9.47 Å². The Morgan fingerprint density at radius 2 is 1.74 bits per heavy atom. The van der Waals surface area contributed by atoms with Crippen LogP contribution in [0.4, 0.5) is 5.69 Å². The minimum atomic E-state index is -1.17. The largest absolute Gasteiger partial charge is 0.495 e. The summed E-state index contributed by atoms with van der Waals surface area (Å²) >= 11 is 0. The Morgan fingerprint density at radius 1 is 1.03 bits per heavy atom. The van der Waals surface area contributed by atoms with Crippen LogP contribution in [0.3, 0.4) is 0 Å². The second-order valence-electron chi connectivity index (χ2n) is 8.99. The van der Waals surface area contributed by atoms with E-state index in [1.165, 1.54) is 0 Å². The van der Waals surface area contributed by atoms with E-state index < -0.39 is 5.79 Å². The van der Waals surface area contributed by atoms with Crippen LogP contribution < -0.4 is 25.8 Å². The first-order valence-corrected chi connectivity index (χ1v) is 12.9. The smallest absolute Gasteiger partial charge is 0.210 e. The number of nitrogens with zero attached hydrogens (tertiary/aromatic N) is 2. The van der Waals surface area contributed by atoms with E-state index in [-0.39, 0.29) is 0 Å². The van der Waals surface area contributed by atoms with Gasteiger partial charge in [-0.3, -0.25) is 5.73 Å². The topological polar surface area (TPSA) is 84.1 Å². The van der Waals surface area contributed by atoms with Gasteiger partial charge in [0.2, 0.25) is 5.79 Å². The first kappa shape index (κ1) is 27.0. The third-order valence-electron chi connectivity index (χ3n) is 6.67. The lowest BCUT2D eigenvalue weighted by atomic mass is 10.0. The van der Waals surface area contributed by atoms with Crippen molar-refractivity contribution in [2.75, 3.05) is 38.7 Å². The van der Waals surface area contributed by atoms with Crippen molar-refractivity contribution in [1.82, 2.24) is 10.2 Å². The highest BCUT2D eigenvalue weighted by Crippen LogP contribution is 2.31. The van der Waals surface area contributed by atoms with Crippen LogP contribution in [0.15, 0.2) is 90.2 Å². The van der Waals surface area contributed by atoms with Gasteiger partial charge in [-0.15, -0.1) is 0 Å². The maximum Gasteiger partial charge on any atom is 0.210 e. The number of likely N-dealkylation sites (N-methyl/N-ethyl adjacent to an activating group) is 1. The molecule has 4 rings (SSSR count). The van der Waals surface area contributed by atoms with Crippen molar-refractivity contribution in [3.8, 4) is 11.5 Å². The lowest BCUT2D eigenvalue weighted by Crippen LogP contribution is -2.51. The van der Waals surface area contributed by atoms with Crippen LogP contribution in [0, 0.1) is 0 Å². The van der Waals surface area contributed by atoms with Crippen molar-refractivity contribution in [2.45, 2.75) is 19.6 Å². The summed E-state index contributed by atoms with van der Waals surface area (Å²) in [7, 11) is 1.65. The van der Waals surface area contributed by atoms with Crippen LogP contribution in [-0.2, 0) is 5.79 Å². The first-order valence-electron chi connectivity index (χ1n) is 12.9. The van der Waals surface area contributed by atoms with Crippen LogP contribution in [0.2, 0.25) is 0 Å². The minimum Gasteiger partial charge on any atom is -0.495 e. The van der Waals surface area contributed by atoms with Gasteiger partial charge in [-0.05, 0) is 60.6 Å². The number of nitrogens with two attached hydrogens (primary N) is 1. The lowest BCUT2D eigenvalue weighted by molar-refractivity contribution is 0.222. The molecule has 4 N–H and O–H groups in total. The maximum atomic E-state index is 6.83. The lowest BCUT2D eigenvalue weighted by Gasteiger charge is -2.34. The van der Waals surface area contributed by atoms with Gasteiger partial charge in [-0.1, -0.05) is 62.9 Å². The maximum absolute atomic E-state index is 6.83. The zero-order valence-electron chi connectivity index (χ0n) is 22.4. The van der Waals surface area contributed by atoms with Crippen LogP contribution in [0.5, 0.6) is 11.5 Å². The number of nitrogens with one attached hydrogen (secondary N) is 2. The predicted octanol–water partition coefficient (Wildman–Crippen LogP) is 5.28. The number of hydrogen-bond donors (Lipinski definition) is 3. The van der Waals surface area contributed by atoms with Gasteiger partial charge in [0.15, 0.2) is 0 Å². The molecule has 0 bridgehead atoms. The molecule has 7 nitrogen and oxygen atoms in total. The Kier molecular flexibility index (Phi) is 8.84. The van der Waals surface area contributed by atoms with Gasteiger partial charge in [0.1, 0.15) is 23.9 Å². The third kappa shape index (κ3) is 6.25. The summed E-state index contributed by atoms with van der Waals surface area (Å²) in [5.74, 6) is 1.07. The van der Waals surface area contributed by atoms with Gasteiger partial charge in [0.25, 0.3) is 0 Å². The molecule has 1 aliphatic heterocycles. The summed E-state index contributed by atoms with van der Waals surface area (Å²) in [5.41, 5.74) is 11.4. The molecule has 1 unspecified atom stereocenters. The normalized spacial score (nSPS) is 16.8. The summed E-state index contributed by atoms with van der Waals surface area (Å²) in [4.78, 5) is 7.08. The SMILES string of the molecule is C=Cc1ccc(C2=C(Nc3ccccc3OC)NC(N)(c3ccc(OCCN(CC)CC)cc3)N=C2)cc1. The summed E-state index contributed by atoms with van der Waals surface area (Å²) in [6, 6.07) is 23.6. The molecule has 0 saturated carbocycles. The molecule has 0 saturated heterocycles. The van der Waals surface area contributed by atoms with Crippen LogP contribution in [0.25, 0.3) is 11.6 Å². The van der Waals surface area contributed by atoms with Crippen molar-refractivity contribution in [2.24, 2.45) is 10.7 Å². The highest BCUT2D eigenvalue weighted by molar-refractivity contribution is 6.12. The molecule has 0 spiro atoms. The van der Waals surface area contributed by atoms with Gasteiger partial charge < -0.3 is 25.0 Å². The minimum absolute atomic E-state index is 0.634. The van der Waals surface area contributed by atoms with Crippen LogP contribution in [0.1, 0.15) is 30.5 Å². The summed E-state index contributed by atoms with van der Waals surface area (Å²) < 4.78 is 11.5. The second-order valence-corrected chi connectivity index (χ2v) is 8.99. The van der Waals surface area contributed by atoms with E-state index in [2.05, 4.69) is 36.0 Å². The molecular weight excluding hydrogens is 474 g/mol. The zero-order valence-corrected chi connectivity index (χ0v) is 22.4. The highest BCUT2D eigenvalue weighted by Gasteiger charge is 2.31. The van der Waals surface area contributed by atoms with Crippen LogP contribution >= 0.6 is 0 Å². The molecule has 0 amide bonds. The van der Waals surface area contributed by atoms with E-state index in [0.717, 1.165) is 64.9 Å². The Morgan fingerprint density at radius 3 is 2.39 bits per heavy atom. The van der Waals surface area contributed by atoms with Crippen LogP contribution in [-0.4, -0.2) is 44.5 Å². The Balaban J connectivity index is 1.59. The monoisotopic (exact) mass is 511 g/mol. The Hall–Kier alpha value is -4.07. The summed E-state index contributed by atoms with van der Waals surface area (Å²) in [5, 5.41) is 6.93. The average Bonchev–Trinajstić information content (AvgIpc) is 2.96. The third-order valence-corrected chi connectivity index (χ3v) is 6.67. The molecule has 1 atom stereocenters. The van der Waals surface area contributed by atoms with Crippen molar-refractivity contribution in [1.29, 1.82) is 0 Å². The number of anilines is 1. The molecule has 7 heteroatoms. The molecule has 3 aromatic carbocycles. The van der Waals surface area contributed by atoms with Crippen molar-refractivity contribution in [3.05, 3.63) is 102 Å². The molecule has 0 aromatic heterocycles. The number of benzene rings is 3. The average molecular weight is 512 g/mol. The fourth-order valence-electron chi connectivity index (χ4n) is 4.30. The molecule has 3 aromatic rings. The molecule has 38 heavy (non-hydrogen) atoms. The number of para-hydroxylation sites is 2. The predicted molar refractivity (Wildman–Crippen MR) is 157 cm³/mol. The Labute approximate surface area is 225 Å². The first-order chi connectivity index (χ1) is 18.5. The van der Waals surface area contributed by atoms with E-state index in [0.29, 0.717) is 6.61 Å². The molecule has 1 heterocycles. The number of allylic oxidation sites excluding steroid dienone is 1. The molecule has 0 fully saturated rings.